The predicted octanol–water partition coefficient (Wildman–Crippen LogP) is 20.8. The lowest BCUT2D eigenvalue weighted by atomic mass is 9.49. The van der Waals surface area contributed by atoms with Gasteiger partial charge in [-0.1, -0.05) is 109 Å². The van der Waals surface area contributed by atoms with Crippen LogP contribution >= 0.6 is 0 Å². The molecule has 0 spiro atoms. The van der Waals surface area contributed by atoms with Gasteiger partial charge in [0, 0.05) is 36.4 Å². The van der Waals surface area contributed by atoms with Gasteiger partial charge in [-0.25, -0.2) is 0 Å². The third-order valence-corrected chi connectivity index (χ3v) is 27.2. The molecular weight excluding hydrogens is 1190 g/mol. The van der Waals surface area contributed by atoms with Crippen LogP contribution in [0.5, 0.6) is 17.2 Å². The summed E-state index contributed by atoms with van der Waals surface area (Å²) < 4.78 is 17.9. The van der Waals surface area contributed by atoms with Crippen LogP contribution < -0.4 is 14.2 Å². The fourth-order valence-corrected chi connectivity index (χ4v) is 24.6. The Hall–Kier alpha value is -7.23. The van der Waals surface area contributed by atoms with E-state index in [4.69, 9.17) is 14.2 Å². The van der Waals surface area contributed by atoms with E-state index in [-0.39, 0.29) is 55.5 Å². The van der Waals surface area contributed by atoms with Gasteiger partial charge in [-0.15, -0.1) is 0 Å². The van der Waals surface area contributed by atoms with Crippen LogP contribution in [0.3, 0.4) is 0 Å². The molecule has 0 aliphatic heterocycles. The molecule has 0 heterocycles. The molecule has 0 aromatic heterocycles. The standard InChI is InChI=1S/C32H35O2S.C31H33O2S.C21H21OS/c1-22-13-29(35(27-9-5-3-6-10-27)28-11-7-4-8-12-28)14-23(2)31(22)34-30(33)21-32-18-24-15-25(19-32)17-26(16-24)20-32;1-21-13-28(34(26-9-5-3-6-10-26)27-11-7-4-8-12-27)14-22(2)29(21)33-30(32)31-18-23-15-24(19-31)17-25(16-23)20-31;1-16-14-20(15-17(2)21(16)22-3)23(18-10-6-4-7-11-18)19-12-8-5-9-13-19/h3-14,24-26H,15-21H2,1-2H3;3-14,23-25H,15-20H2,1-2H3;4-15H,1-3H3/q3*+1. The van der Waals surface area contributed by atoms with Crippen LogP contribution in [0.1, 0.15) is 117 Å². The molecule has 0 N–H and O–H groups in total. The summed E-state index contributed by atoms with van der Waals surface area (Å²) in [6, 6.07) is 77.7. The molecule has 0 atom stereocenters. The highest BCUT2D eigenvalue weighted by atomic mass is 32.2. The van der Waals surface area contributed by atoms with Crippen molar-refractivity contribution in [1.82, 2.24) is 0 Å². The molecule has 8 aliphatic carbocycles. The number of methoxy groups -OCH3 is 1. The van der Waals surface area contributed by atoms with Crippen molar-refractivity contribution in [2.45, 2.75) is 169 Å². The highest BCUT2D eigenvalue weighted by Crippen LogP contribution is 2.62. The van der Waals surface area contributed by atoms with E-state index in [9.17, 15) is 9.59 Å². The van der Waals surface area contributed by atoms with E-state index in [0.717, 1.165) is 94.3 Å². The maximum Gasteiger partial charge on any atom is 0.317 e. The Morgan fingerprint density at radius 2 is 0.576 bits per heavy atom. The molecule has 17 rings (SSSR count). The summed E-state index contributed by atoms with van der Waals surface area (Å²) in [7, 11) is 1.23. The van der Waals surface area contributed by atoms with Gasteiger partial charge in [-0.3, -0.25) is 9.59 Å². The first-order valence-electron chi connectivity index (χ1n) is 33.5. The first-order chi connectivity index (χ1) is 44.7. The highest BCUT2D eigenvalue weighted by Gasteiger charge is 2.56. The fraction of sp³-hybridized carbons (Fsp3) is 0.333. The van der Waals surface area contributed by atoms with Crippen LogP contribution in [0, 0.1) is 87.9 Å². The van der Waals surface area contributed by atoms with Gasteiger partial charge in [-0.2, -0.15) is 0 Å². The number of rotatable bonds is 15. The highest BCUT2D eigenvalue weighted by molar-refractivity contribution is 7.97. The molecule has 5 nitrogen and oxygen atoms in total. The predicted molar refractivity (Wildman–Crippen MR) is 377 cm³/mol. The van der Waals surface area contributed by atoms with E-state index < -0.39 is 0 Å². The SMILES string of the molecule is COc1c(C)cc([S+](c2ccccc2)c2ccccc2)cc1C.Cc1cc([S+](c2ccccc2)c2ccccc2)cc(C)c1OC(=O)C12CC3CC(CC(C3)C1)C2.Cc1cc([S+](c2ccccc2)c2ccccc2)cc(C)c1OC(=O)CC12CC3CC(CC(C3)C1)C2. The molecule has 0 saturated heterocycles. The van der Waals surface area contributed by atoms with E-state index in [1.54, 1.807) is 7.11 Å². The van der Waals surface area contributed by atoms with Crippen molar-refractivity contribution in [1.29, 1.82) is 0 Å². The number of carbonyl (C=O) groups excluding carboxylic acids is 2. The van der Waals surface area contributed by atoms with Gasteiger partial charge in [0.25, 0.3) is 0 Å². The molecule has 0 unspecified atom stereocenters. The van der Waals surface area contributed by atoms with Crippen LogP contribution in [0.4, 0.5) is 0 Å². The number of carbonyl (C=O) groups is 2. The summed E-state index contributed by atoms with van der Waals surface area (Å²) in [6.07, 6.45) is 15.6. The third kappa shape index (κ3) is 13.9. The minimum Gasteiger partial charge on any atom is -0.496 e. The zero-order valence-corrected chi connectivity index (χ0v) is 57.2. The topological polar surface area (TPSA) is 61.8 Å². The summed E-state index contributed by atoms with van der Waals surface area (Å²) in [6.45, 7) is 12.6. The second-order valence-electron chi connectivity index (χ2n) is 27.8. The summed E-state index contributed by atoms with van der Waals surface area (Å²) in [4.78, 5) is 38.6. The Kier molecular flexibility index (Phi) is 19.2. The molecule has 8 heteroatoms. The summed E-state index contributed by atoms with van der Waals surface area (Å²) in [5.41, 5.74) is 6.55. The van der Waals surface area contributed by atoms with Crippen molar-refractivity contribution in [2.24, 2.45) is 46.3 Å². The van der Waals surface area contributed by atoms with E-state index in [1.165, 1.54) is 113 Å². The number of aryl methyl sites for hydroxylation is 6. The molecule has 92 heavy (non-hydrogen) atoms. The lowest BCUT2D eigenvalue weighted by Crippen LogP contribution is -2.51. The van der Waals surface area contributed by atoms with Gasteiger partial charge in [0.1, 0.15) is 17.2 Å². The minimum absolute atomic E-state index is 0.0315. The maximum atomic E-state index is 13.6. The van der Waals surface area contributed by atoms with Gasteiger partial charge < -0.3 is 14.2 Å². The van der Waals surface area contributed by atoms with Crippen molar-refractivity contribution in [3.63, 3.8) is 0 Å². The summed E-state index contributed by atoms with van der Waals surface area (Å²) >= 11 is 0. The second kappa shape index (κ2) is 27.8. The van der Waals surface area contributed by atoms with Gasteiger partial charge >= 0.3 is 11.9 Å². The largest absolute Gasteiger partial charge is 0.496 e. The molecule has 8 fully saturated rings. The lowest BCUT2D eigenvalue weighted by Gasteiger charge is -2.56. The Balaban J connectivity index is 0.000000129. The lowest BCUT2D eigenvalue weighted by molar-refractivity contribution is -0.161. The van der Waals surface area contributed by atoms with E-state index in [2.05, 4.69) is 260 Å². The summed E-state index contributed by atoms with van der Waals surface area (Å²) in [5.74, 6) is 7.29. The van der Waals surface area contributed by atoms with E-state index >= 15 is 0 Å². The minimum atomic E-state index is -0.231. The first-order valence-corrected chi connectivity index (χ1v) is 37.2. The molecule has 470 valence electrons. The molecular formula is C84H89O5S3+3. The van der Waals surface area contributed by atoms with Crippen LogP contribution in [0.25, 0.3) is 0 Å². The van der Waals surface area contributed by atoms with Crippen molar-refractivity contribution >= 4 is 44.6 Å². The van der Waals surface area contributed by atoms with E-state index in [1.807, 2.05) is 0 Å². The Morgan fingerprint density at radius 1 is 0.337 bits per heavy atom. The number of hydrogen-bond acceptors (Lipinski definition) is 5. The van der Waals surface area contributed by atoms with Crippen LogP contribution in [0.2, 0.25) is 0 Å². The number of ether oxygens (including phenoxy) is 3. The van der Waals surface area contributed by atoms with Crippen LogP contribution in [-0.4, -0.2) is 19.0 Å². The van der Waals surface area contributed by atoms with Gasteiger partial charge in [-0.05, 0) is 266 Å². The molecule has 8 saturated carbocycles. The Labute approximate surface area is 556 Å². The van der Waals surface area contributed by atoms with Crippen molar-refractivity contribution in [2.75, 3.05) is 7.11 Å². The first kappa shape index (κ1) is 63.5. The molecule has 9 aromatic carbocycles. The fourth-order valence-electron chi connectivity index (χ4n) is 17.8. The van der Waals surface area contributed by atoms with Crippen molar-refractivity contribution < 1.29 is 23.8 Å². The smallest absolute Gasteiger partial charge is 0.317 e. The zero-order valence-electron chi connectivity index (χ0n) is 54.7. The molecule has 9 aromatic rings. The van der Waals surface area contributed by atoms with Gasteiger partial charge in [0.15, 0.2) is 44.1 Å². The Bertz CT molecular complexity index is 3770. The average Bonchev–Trinajstić information content (AvgIpc) is 0.758. The summed E-state index contributed by atoms with van der Waals surface area (Å²) in [5, 5.41) is 0. The molecule has 8 bridgehead atoms. The maximum absolute atomic E-state index is 13.6. The Morgan fingerprint density at radius 3 is 0.837 bits per heavy atom. The monoisotopic (exact) mass is 1270 g/mol. The van der Waals surface area contributed by atoms with Crippen molar-refractivity contribution in [3.8, 4) is 17.2 Å². The second-order valence-corrected chi connectivity index (χ2v) is 33.9. The van der Waals surface area contributed by atoms with Gasteiger partial charge in [0.05, 0.1) is 51.6 Å². The third-order valence-electron chi connectivity index (χ3n) is 20.7. The molecule has 0 amide bonds. The van der Waals surface area contributed by atoms with Crippen LogP contribution in [-0.2, 0) is 42.3 Å². The zero-order chi connectivity index (χ0) is 63.5. The van der Waals surface area contributed by atoms with Crippen molar-refractivity contribution in [3.05, 3.63) is 252 Å². The molecule has 0 radical (unpaired) electrons. The number of hydrogen-bond donors (Lipinski definition) is 0. The van der Waals surface area contributed by atoms with Gasteiger partial charge in [0.2, 0.25) is 0 Å². The quantitative estimate of drug-likeness (QED) is 0.0581. The molecule has 8 aliphatic rings. The number of esters is 2. The van der Waals surface area contributed by atoms with E-state index in [0.29, 0.717) is 6.42 Å². The average molecular weight is 1270 g/mol. The van der Waals surface area contributed by atoms with Crippen LogP contribution in [0.15, 0.2) is 262 Å². The normalized spacial score (nSPS) is 22.9. The number of benzene rings is 9.